The number of rotatable bonds is 2. The Kier molecular flexibility index (Phi) is 2.59. The molecular weight excluding hydrogens is 180 g/mol. The van der Waals surface area contributed by atoms with Gasteiger partial charge < -0.3 is 0 Å². The Morgan fingerprint density at radius 2 is 2.00 bits per heavy atom. The predicted octanol–water partition coefficient (Wildman–Crippen LogP) is 4.57. The average molecular weight is 204 g/mol. The van der Waals surface area contributed by atoms with Gasteiger partial charge in [-0.3, -0.25) is 0 Å². The van der Waals surface area contributed by atoms with Crippen LogP contribution in [0.1, 0.15) is 53.4 Å². The second kappa shape index (κ2) is 3.52. The lowest BCUT2D eigenvalue weighted by Gasteiger charge is -2.35. The lowest BCUT2D eigenvalue weighted by Crippen LogP contribution is -2.28. The zero-order valence-corrected chi connectivity index (χ0v) is 10.6. The second-order valence-electron chi connectivity index (χ2n) is 6.03. The van der Waals surface area contributed by atoms with Crippen molar-refractivity contribution in [3.8, 4) is 0 Å². The fourth-order valence-corrected chi connectivity index (χ4v) is 3.85. The highest BCUT2D eigenvalue weighted by Crippen LogP contribution is 2.72. The van der Waals surface area contributed by atoms with E-state index in [1.807, 2.05) is 13.0 Å². The summed E-state index contributed by atoms with van der Waals surface area (Å²) in [6, 6.07) is 0. The molecule has 0 radical (unpaired) electrons. The minimum absolute atomic E-state index is 0.544. The van der Waals surface area contributed by atoms with Gasteiger partial charge in [-0.05, 0) is 67.4 Å². The first-order chi connectivity index (χ1) is 7.06. The third kappa shape index (κ3) is 1.51. The highest BCUT2D eigenvalue weighted by Gasteiger charge is 2.63. The molecule has 84 valence electrons. The molecule has 0 nitrogen and oxygen atoms in total. The second-order valence-corrected chi connectivity index (χ2v) is 6.03. The summed E-state index contributed by atoms with van der Waals surface area (Å²) >= 11 is 0. The lowest BCUT2D eigenvalue weighted by molar-refractivity contribution is 0.145. The van der Waals surface area contributed by atoms with Crippen LogP contribution < -0.4 is 0 Å². The van der Waals surface area contributed by atoms with Crippen LogP contribution >= 0.6 is 0 Å². The van der Waals surface area contributed by atoms with E-state index >= 15 is 0 Å². The molecule has 0 amide bonds. The van der Waals surface area contributed by atoms with Crippen LogP contribution in [0.3, 0.4) is 0 Å². The van der Waals surface area contributed by atoms with Crippen molar-refractivity contribution in [2.75, 3.05) is 0 Å². The van der Waals surface area contributed by atoms with Crippen LogP contribution in [0.5, 0.6) is 0 Å². The molecule has 0 heterocycles. The molecule has 2 aliphatic rings. The summed E-state index contributed by atoms with van der Waals surface area (Å²) in [5.74, 6) is 1.78. The molecule has 2 saturated carbocycles. The monoisotopic (exact) mass is 204 g/mol. The first-order valence-electron chi connectivity index (χ1n) is 6.41. The van der Waals surface area contributed by atoms with E-state index in [4.69, 9.17) is 0 Å². The molecule has 2 aliphatic carbocycles. The van der Waals surface area contributed by atoms with Gasteiger partial charge in [0.25, 0.3) is 0 Å². The van der Waals surface area contributed by atoms with Gasteiger partial charge in [-0.1, -0.05) is 20.8 Å². The topological polar surface area (TPSA) is 0 Å². The van der Waals surface area contributed by atoms with E-state index in [9.17, 15) is 0 Å². The number of allylic oxidation sites excluding steroid dienone is 1. The van der Waals surface area contributed by atoms with Crippen molar-refractivity contribution >= 4 is 0 Å². The quantitative estimate of drug-likeness (QED) is 0.578. The molecule has 1 spiro atoms. The zero-order chi connectivity index (χ0) is 11.1. The highest BCUT2D eigenvalue weighted by atomic mass is 14.7. The van der Waals surface area contributed by atoms with Crippen LogP contribution in [-0.4, -0.2) is 0 Å². The molecule has 0 aromatic carbocycles. The molecule has 0 aromatic heterocycles. The molecule has 0 aliphatic heterocycles. The zero-order valence-electron chi connectivity index (χ0n) is 10.6. The molecule has 2 unspecified atom stereocenters. The minimum Gasteiger partial charge on any atom is -0.130 e. The number of hydrogen-bond acceptors (Lipinski definition) is 0. The Hall–Kier alpha value is -0.480. The minimum atomic E-state index is 0.544. The van der Waals surface area contributed by atoms with Gasteiger partial charge in [0.1, 0.15) is 0 Å². The smallest absolute Gasteiger partial charge is 0.0200 e. The fraction of sp³-hybridized carbons (Fsp3) is 0.800. The fourth-order valence-electron chi connectivity index (χ4n) is 3.85. The number of hydrogen-bond donors (Lipinski definition) is 0. The first-order valence-corrected chi connectivity index (χ1v) is 6.41. The van der Waals surface area contributed by atoms with E-state index in [-0.39, 0.29) is 0 Å². The van der Waals surface area contributed by atoms with Crippen molar-refractivity contribution in [3.63, 3.8) is 0 Å². The summed E-state index contributed by atoms with van der Waals surface area (Å²) in [6.45, 7) is 9.46. The van der Waals surface area contributed by atoms with Crippen molar-refractivity contribution in [2.24, 2.45) is 22.7 Å². The summed E-state index contributed by atoms with van der Waals surface area (Å²) < 4.78 is 0. The molecule has 2 fully saturated rings. The van der Waals surface area contributed by atoms with Crippen LogP contribution in [0.25, 0.3) is 0 Å². The predicted molar refractivity (Wildman–Crippen MR) is 65.7 cm³/mol. The van der Waals surface area contributed by atoms with Crippen LogP contribution in [0, 0.1) is 22.7 Å². The summed E-state index contributed by atoms with van der Waals surface area (Å²) in [5.41, 5.74) is 4.50. The lowest BCUT2D eigenvalue weighted by atomic mass is 9.69. The Labute approximate surface area is 94.5 Å². The van der Waals surface area contributed by atoms with Crippen molar-refractivity contribution < 1.29 is 0 Å². The molecule has 0 saturated heterocycles. The van der Waals surface area contributed by atoms with Crippen LogP contribution in [-0.2, 0) is 0 Å². The van der Waals surface area contributed by atoms with Crippen molar-refractivity contribution in [2.45, 2.75) is 53.4 Å². The van der Waals surface area contributed by atoms with Gasteiger partial charge in [-0.2, -0.15) is 0 Å². The maximum Gasteiger partial charge on any atom is -0.0200 e. The molecule has 0 aromatic rings. The Balaban J connectivity index is 2.20. The van der Waals surface area contributed by atoms with Gasteiger partial charge in [-0.15, -0.1) is 5.73 Å². The van der Waals surface area contributed by atoms with Gasteiger partial charge >= 0.3 is 0 Å². The maximum atomic E-state index is 3.25. The van der Waals surface area contributed by atoms with E-state index in [0.717, 1.165) is 11.8 Å². The Morgan fingerprint density at radius 1 is 1.33 bits per heavy atom. The third-order valence-electron chi connectivity index (χ3n) is 5.45. The summed E-state index contributed by atoms with van der Waals surface area (Å²) in [4.78, 5) is 0. The first kappa shape index (κ1) is 11.0. The van der Waals surface area contributed by atoms with Crippen molar-refractivity contribution in [1.29, 1.82) is 0 Å². The highest BCUT2D eigenvalue weighted by molar-refractivity contribution is 5.15. The standard InChI is InChI=1S/C15H24/c1-5-6-7-8-14(4)13(3)12(2)11-15(14)9-10-15/h5,7,12-13H,8-11H2,1-4H3/t6?,12?,13-,14?/m1/s1. The average Bonchev–Trinajstić information content (AvgIpc) is 2.94. The molecule has 0 heteroatoms. The summed E-state index contributed by atoms with van der Waals surface area (Å²) in [5, 5.41) is 0. The Bertz CT molecular complexity index is 302. The van der Waals surface area contributed by atoms with Gasteiger partial charge in [-0.25, -0.2) is 0 Å². The van der Waals surface area contributed by atoms with Gasteiger partial charge in [0.15, 0.2) is 0 Å². The van der Waals surface area contributed by atoms with E-state index in [1.54, 1.807) is 0 Å². The van der Waals surface area contributed by atoms with Gasteiger partial charge in [0.2, 0.25) is 0 Å². The molecule has 0 N–H and O–H groups in total. The van der Waals surface area contributed by atoms with E-state index in [2.05, 4.69) is 32.6 Å². The van der Waals surface area contributed by atoms with Gasteiger partial charge in [0, 0.05) is 0 Å². The normalized spacial score (nSPS) is 41.3. The largest absolute Gasteiger partial charge is 0.130 e. The summed E-state index contributed by atoms with van der Waals surface area (Å²) in [6.07, 6.45) is 9.92. The SMILES string of the molecule is CC=C=CCC1(C)[C@H](C)C(C)CC12CC2. The molecule has 0 bridgehead atoms. The van der Waals surface area contributed by atoms with E-state index in [1.165, 1.54) is 25.7 Å². The van der Waals surface area contributed by atoms with Crippen LogP contribution in [0.2, 0.25) is 0 Å². The Morgan fingerprint density at radius 3 is 2.53 bits per heavy atom. The molecule has 3 atom stereocenters. The van der Waals surface area contributed by atoms with Crippen molar-refractivity contribution in [1.82, 2.24) is 0 Å². The van der Waals surface area contributed by atoms with Crippen LogP contribution in [0.4, 0.5) is 0 Å². The van der Waals surface area contributed by atoms with E-state index < -0.39 is 0 Å². The molecule has 2 rings (SSSR count). The summed E-state index contributed by atoms with van der Waals surface area (Å²) in [7, 11) is 0. The van der Waals surface area contributed by atoms with Gasteiger partial charge in [0.05, 0.1) is 0 Å². The molecule has 15 heavy (non-hydrogen) atoms. The van der Waals surface area contributed by atoms with Crippen LogP contribution in [0.15, 0.2) is 17.9 Å². The third-order valence-corrected chi connectivity index (χ3v) is 5.45. The maximum absolute atomic E-state index is 3.25. The van der Waals surface area contributed by atoms with Crippen molar-refractivity contribution in [3.05, 3.63) is 17.9 Å². The van der Waals surface area contributed by atoms with E-state index in [0.29, 0.717) is 10.8 Å². The molecular formula is C15H24.